The molecule has 2 aliphatic carbocycles. The summed E-state index contributed by atoms with van der Waals surface area (Å²) in [5, 5.41) is 13.4. The van der Waals surface area contributed by atoms with Crippen LogP contribution < -0.4 is 30.7 Å². The lowest BCUT2D eigenvalue weighted by atomic mass is 10.2. The summed E-state index contributed by atoms with van der Waals surface area (Å²) in [5.74, 6) is 4.64. The van der Waals surface area contributed by atoms with Gasteiger partial charge in [-0.2, -0.15) is 9.97 Å². The molecule has 0 atom stereocenters. The normalized spacial score (nSPS) is 14.2. The van der Waals surface area contributed by atoms with Gasteiger partial charge in [0.25, 0.3) is 0 Å². The molecule has 0 aliphatic heterocycles. The number of aryl methyl sites for hydroxylation is 2. The van der Waals surface area contributed by atoms with Crippen LogP contribution in [0.3, 0.4) is 0 Å². The lowest BCUT2D eigenvalue weighted by molar-refractivity contribution is 0.279. The number of nitrogens with one attached hydrogen (secondary N) is 4. The average molecular weight is 581 g/mol. The van der Waals surface area contributed by atoms with Gasteiger partial charge in [0.2, 0.25) is 11.9 Å². The van der Waals surface area contributed by atoms with Crippen molar-refractivity contribution in [2.45, 2.75) is 70.9 Å². The van der Waals surface area contributed by atoms with E-state index in [0.717, 1.165) is 65.2 Å². The first kappa shape index (κ1) is 28.5. The largest absolute Gasteiger partial charge is 0.494 e. The fourth-order valence-electron chi connectivity index (χ4n) is 4.56. The van der Waals surface area contributed by atoms with Crippen LogP contribution in [0.25, 0.3) is 0 Å². The minimum atomic E-state index is 0.552. The number of benzene rings is 2. The van der Waals surface area contributed by atoms with Gasteiger partial charge < -0.3 is 30.7 Å². The zero-order valence-corrected chi connectivity index (χ0v) is 24.9. The number of ether oxygens (including phenoxy) is 2. The Bertz CT molecular complexity index is 1380. The standard InChI is InChI=1S/C33H40N8O2/c1-22-20-30(36-24-6-7-24)40-32(34-22)38-26-10-14-28(15-11-26)42-18-4-3-5-19-43-29-16-12-27(13-17-29)39-33-35-23(2)21-31(41-33)37-25-8-9-25/h10-17,20-21,24-25H,3-9,18-19H2,1-2H3,(H2,34,36,38,40)(H2,35,37,39,41). The first-order chi connectivity index (χ1) is 21.0. The Balaban J connectivity index is 0.859. The molecule has 2 aromatic carbocycles. The lowest BCUT2D eigenvalue weighted by Gasteiger charge is -2.11. The van der Waals surface area contributed by atoms with Gasteiger partial charge >= 0.3 is 0 Å². The molecule has 4 N–H and O–H groups in total. The van der Waals surface area contributed by atoms with Crippen molar-refractivity contribution in [3.63, 3.8) is 0 Å². The number of aromatic nitrogens is 4. The molecular weight excluding hydrogens is 540 g/mol. The van der Waals surface area contributed by atoms with Crippen molar-refractivity contribution in [2.24, 2.45) is 0 Å². The highest BCUT2D eigenvalue weighted by molar-refractivity contribution is 5.57. The summed E-state index contributed by atoms with van der Waals surface area (Å²) >= 11 is 0. The smallest absolute Gasteiger partial charge is 0.229 e. The predicted molar refractivity (Wildman–Crippen MR) is 171 cm³/mol. The van der Waals surface area contributed by atoms with Gasteiger partial charge in [0.05, 0.1) is 13.2 Å². The average Bonchev–Trinajstić information content (AvgIpc) is 3.92. The topological polar surface area (TPSA) is 118 Å². The summed E-state index contributed by atoms with van der Waals surface area (Å²) in [6.07, 6.45) is 7.79. The van der Waals surface area contributed by atoms with Crippen LogP contribution in [-0.4, -0.2) is 45.2 Å². The van der Waals surface area contributed by atoms with E-state index in [0.29, 0.717) is 37.2 Å². The fraction of sp³-hybridized carbons (Fsp3) is 0.394. The Morgan fingerprint density at radius 3 is 1.40 bits per heavy atom. The Labute approximate surface area is 253 Å². The van der Waals surface area contributed by atoms with Crippen LogP contribution in [0.1, 0.15) is 56.3 Å². The molecule has 0 saturated heterocycles. The molecule has 2 saturated carbocycles. The van der Waals surface area contributed by atoms with Crippen LogP contribution >= 0.6 is 0 Å². The van der Waals surface area contributed by atoms with E-state index in [9.17, 15) is 0 Å². The summed E-state index contributed by atoms with van der Waals surface area (Å²) < 4.78 is 11.9. The molecule has 0 radical (unpaired) electrons. The maximum atomic E-state index is 5.93. The molecule has 0 spiro atoms. The van der Waals surface area contributed by atoms with Gasteiger partial charge in [0.1, 0.15) is 23.1 Å². The molecule has 224 valence electrons. The van der Waals surface area contributed by atoms with Gasteiger partial charge in [-0.25, -0.2) is 9.97 Å². The molecule has 6 rings (SSSR count). The quantitative estimate of drug-likeness (QED) is 0.102. The SMILES string of the molecule is Cc1cc(NC2CC2)nc(Nc2ccc(OCCCCCOc3ccc(Nc4nc(C)cc(NC5CC5)n4)cc3)cc2)n1. The minimum absolute atomic E-state index is 0.552. The molecule has 0 unspecified atom stereocenters. The molecule has 2 aromatic heterocycles. The van der Waals surface area contributed by atoms with Gasteiger partial charge in [0.15, 0.2) is 0 Å². The number of anilines is 6. The van der Waals surface area contributed by atoms with Crippen molar-refractivity contribution >= 4 is 34.9 Å². The fourth-order valence-corrected chi connectivity index (χ4v) is 4.56. The number of unbranched alkanes of at least 4 members (excludes halogenated alkanes) is 2. The molecule has 2 fully saturated rings. The van der Waals surface area contributed by atoms with E-state index >= 15 is 0 Å². The Morgan fingerprint density at radius 2 is 1.00 bits per heavy atom. The van der Waals surface area contributed by atoms with E-state index in [2.05, 4.69) is 41.2 Å². The van der Waals surface area contributed by atoms with Crippen molar-refractivity contribution in [3.05, 3.63) is 72.1 Å². The highest BCUT2D eigenvalue weighted by atomic mass is 16.5. The monoisotopic (exact) mass is 580 g/mol. The number of rotatable bonds is 16. The third-order valence-corrected chi connectivity index (χ3v) is 7.11. The lowest BCUT2D eigenvalue weighted by Crippen LogP contribution is -2.06. The van der Waals surface area contributed by atoms with Crippen molar-refractivity contribution < 1.29 is 9.47 Å². The second kappa shape index (κ2) is 13.6. The van der Waals surface area contributed by atoms with E-state index in [-0.39, 0.29) is 0 Å². The van der Waals surface area contributed by atoms with Crippen LogP contribution in [0, 0.1) is 13.8 Å². The van der Waals surface area contributed by atoms with Crippen molar-refractivity contribution in [1.82, 2.24) is 19.9 Å². The molecule has 2 heterocycles. The van der Waals surface area contributed by atoms with E-state index in [1.807, 2.05) is 74.5 Å². The summed E-state index contributed by atoms with van der Waals surface area (Å²) in [6.45, 7) is 5.30. The van der Waals surface area contributed by atoms with Gasteiger partial charge in [0, 0.05) is 47.0 Å². The Kier molecular flexibility index (Phi) is 9.01. The van der Waals surface area contributed by atoms with E-state index < -0.39 is 0 Å². The molecule has 0 amide bonds. The summed E-state index contributed by atoms with van der Waals surface area (Å²) in [7, 11) is 0. The van der Waals surface area contributed by atoms with Crippen LogP contribution in [0.15, 0.2) is 60.7 Å². The van der Waals surface area contributed by atoms with Gasteiger partial charge in [-0.3, -0.25) is 0 Å². The van der Waals surface area contributed by atoms with E-state index in [4.69, 9.17) is 9.47 Å². The third-order valence-electron chi connectivity index (χ3n) is 7.11. The van der Waals surface area contributed by atoms with Crippen molar-refractivity contribution in [1.29, 1.82) is 0 Å². The van der Waals surface area contributed by atoms with Crippen LogP contribution in [0.2, 0.25) is 0 Å². The van der Waals surface area contributed by atoms with E-state index in [1.54, 1.807) is 0 Å². The van der Waals surface area contributed by atoms with Crippen molar-refractivity contribution in [2.75, 3.05) is 34.5 Å². The summed E-state index contributed by atoms with van der Waals surface area (Å²) in [6, 6.07) is 20.9. The molecule has 0 bridgehead atoms. The second-order valence-corrected chi connectivity index (χ2v) is 11.3. The third kappa shape index (κ3) is 9.19. The van der Waals surface area contributed by atoms with Gasteiger partial charge in [-0.05, 0) is 107 Å². The number of hydrogen-bond donors (Lipinski definition) is 4. The maximum absolute atomic E-state index is 5.93. The Morgan fingerprint density at radius 1 is 0.581 bits per heavy atom. The van der Waals surface area contributed by atoms with Crippen LogP contribution in [0.5, 0.6) is 11.5 Å². The first-order valence-corrected chi connectivity index (χ1v) is 15.3. The minimum Gasteiger partial charge on any atom is -0.494 e. The molecule has 4 aromatic rings. The predicted octanol–water partition coefficient (Wildman–Crippen LogP) is 7.15. The van der Waals surface area contributed by atoms with Crippen LogP contribution in [0.4, 0.5) is 34.9 Å². The molecule has 10 heteroatoms. The highest BCUT2D eigenvalue weighted by Crippen LogP contribution is 2.27. The summed E-state index contributed by atoms with van der Waals surface area (Å²) in [4.78, 5) is 18.2. The van der Waals surface area contributed by atoms with Gasteiger partial charge in [-0.1, -0.05) is 0 Å². The molecule has 43 heavy (non-hydrogen) atoms. The van der Waals surface area contributed by atoms with Crippen LogP contribution in [-0.2, 0) is 0 Å². The molecule has 2 aliphatic rings. The van der Waals surface area contributed by atoms with E-state index in [1.165, 1.54) is 25.7 Å². The second-order valence-electron chi connectivity index (χ2n) is 11.3. The maximum Gasteiger partial charge on any atom is 0.229 e. The highest BCUT2D eigenvalue weighted by Gasteiger charge is 2.22. The molecular formula is C33H40N8O2. The number of nitrogens with zero attached hydrogens (tertiary/aromatic N) is 4. The number of hydrogen-bond acceptors (Lipinski definition) is 10. The van der Waals surface area contributed by atoms with Gasteiger partial charge in [-0.15, -0.1) is 0 Å². The van der Waals surface area contributed by atoms with Crippen molar-refractivity contribution in [3.8, 4) is 11.5 Å². The zero-order chi connectivity index (χ0) is 29.4. The summed E-state index contributed by atoms with van der Waals surface area (Å²) in [5.41, 5.74) is 3.71. The first-order valence-electron chi connectivity index (χ1n) is 15.3. The zero-order valence-electron chi connectivity index (χ0n) is 24.9. The Hall–Kier alpha value is -4.60. The molecule has 10 nitrogen and oxygen atoms in total.